The van der Waals surface area contributed by atoms with Gasteiger partial charge >= 0.3 is 0 Å². The Bertz CT molecular complexity index is 613. The van der Waals surface area contributed by atoms with Crippen LogP contribution in [-0.2, 0) is 9.59 Å². The molecule has 1 unspecified atom stereocenters. The normalized spacial score (nSPS) is 25.6. The molecule has 0 saturated heterocycles. The second kappa shape index (κ2) is 5.11. The average Bonchev–Trinajstić information content (AvgIpc) is 2.40. The van der Waals surface area contributed by atoms with Gasteiger partial charge in [-0.2, -0.15) is 0 Å². The van der Waals surface area contributed by atoms with Crippen LogP contribution in [0.3, 0.4) is 0 Å². The largest absolute Gasteiger partial charge is 0.353 e. The molecule has 0 aromatic heterocycles. The van der Waals surface area contributed by atoms with Crippen LogP contribution in [0.15, 0.2) is 24.3 Å². The van der Waals surface area contributed by atoms with Gasteiger partial charge in [0, 0.05) is 30.5 Å². The summed E-state index contributed by atoms with van der Waals surface area (Å²) in [7, 11) is 0. The smallest absolute Gasteiger partial charge is 0.225 e. The molecule has 1 aliphatic heterocycles. The van der Waals surface area contributed by atoms with Crippen molar-refractivity contribution < 1.29 is 9.59 Å². The second-order valence-electron chi connectivity index (χ2n) is 7.27. The number of anilines is 1. The number of nitrogens with one attached hydrogen (secondary N) is 2. The number of amides is 2. The summed E-state index contributed by atoms with van der Waals surface area (Å²) in [6, 6.07) is 8.16. The van der Waals surface area contributed by atoms with Gasteiger partial charge in [-0.3, -0.25) is 9.59 Å². The monoisotopic (exact) mass is 298 g/mol. The second-order valence-corrected chi connectivity index (χ2v) is 7.27. The van der Waals surface area contributed by atoms with Gasteiger partial charge in [-0.15, -0.1) is 0 Å². The van der Waals surface area contributed by atoms with E-state index in [-0.39, 0.29) is 17.7 Å². The Morgan fingerprint density at radius 3 is 2.77 bits per heavy atom. The molecule has 4 nitrogen and oxygen atoms in total. The minimum Gasteiger partial charge on any atom is -0.353 e. The maximum atomic E-state index is 12.3. The molecule has 1 heterocycles. The molecule has 116 valence electrons. The first-order valence-electron chi connectivity index (χ1n) is 8.32. The summed E-state index contributed by atoms with van der Waals surface area (Å²) in [5, 5.41) is 6.04. The molecule has 2 N–H and O–H groups in total. The number of rotatable bonds is 3. The van der Waals surface area contributed by atoms with Gasteiger partial charge in [0.2, 0.25) is 11.8 Å². The fraction of sp³-hybridized carbons (Fsp3) is 0.556. The highest BCUT2D eigenvalue weighted by molar-refractivity contribution is 5.95. The van der Waals surface area contributed by atoms with Crippen LogP contribution in [0.5, 0.6) is 0 Å². The minimum atomic E-state index is 0.00249. The predicted octanol–water partition coefficient (Wildman–Crippen LogP) is 2.95. The van der Waals surface area contributed by atoms with E-state index in [0.29, 0.717) is 24.3 Å². The van der Waals surface area contributed by atoms with Crippen molar-refractivity contribution >= 4 is 17.5 Å². The summed E-state index contributed by atoms with van der Waals surface area (Å²) in [6.45, 7) is 0. The van der Waals surface area contributed by atoms with E-state index in [1.165, 1.54) is 19.3 Å². The zero-order valence-corrected chi connectivity index (χ0v) is 12.7. The van der Waals surface area contributed by atoms with Crippen molar-refractivity contribution in [3.05, 3.63) is 29.8 Å². The first kappa shape index (κ1) is 13.8. The molecule has 2 saturated carbocycles. The van der Waals surface area contributed by atoms with Crippen LogP contribution >= 0.6 is 0 Å². The first-order chi connectivity index (χ1) is 10.6. The number of para-hydroxylation sites is 1. The van der Waals surface area contributed by atoms with Gasteiger partial charge in [-0.05, 0) is 42.7 Å². The molecule has 2 fully saturated rings. The zero-order valence-electron chi connectivity index (χ0n) is 12.7. The summed E-state index contributed by atoms with van der Waals surface area (Å²) in [4.78, 5) is 24.1. The van der Waals surface area contributed by atoms with Crippen molar-refractivity contribution in [1.29, 1.82) is 0 Å². The lowest BCUT2D eigenvalue weighted by Gasteiger charge is -2.54. The Balaban J connectivity index is 1.36. The molecule has 1 atom stereocenters. The molecular weight excluding hydrogens is 276 g/mol. The topological polar surface area (TPSA) is 58.2 Å². The van der Waals surface area contributed by atoms with E-state index in [2.05, 4.69) is 10.6 Å². The molecule has 1 spiro atoms. The van der Waals surface area contributed by atoms with Crippen molar-refractivity contribution in [2.75, 3.05) is 5.32 Å². The van der Waals surface area contributed by atoms with E-state index in [1.54, 1.807) is 0 Å². The van der Waals surface area contributed by atoms with Crippen molar-refractivity contribution in [3.8, 4) is 0 Å². The fourth-order valence-electron chi connectivity index (χ4n) is 4.37. The molecule has 2 aliphatic carbocycles. The van der Waals surface area contributed by atoms with E-state index in [1.807, 2.05) is 24.3 Å². The Morgan fingerprint density at radius 1 is 1.27 bits per heavy atom. The molecular formula is C18H22N2O2. The number of fused-ring (bicyclic) bond motifs is 1. The number of carbonyl (C=O) groups is 2. The molecule has 4 rings (SSSR count). The first-order valence-corrected chi connectivity index (χ1v) is 8.32. The van der Waals surface area contributed by atoms with Gasteiger partial charge in [0.1, 0.15) is 0 Å². The number of hydrogen-bond donors (Lipinski definition) is 2. The lowest BCUT2D eigenvalue weighted by Crippen LogP contribution is -2.53. The van der Waals surface area contributed by atoms with Gasteiger partial charge in [-0.1, -0.05) is 24.6 Å². The van der Waals surface area contributed by atoms with Crippen LogP contribution in [0.4, 0.5) is 5.69 Å². The molecule has 1 aromatic carbocycles. The van der Waals surface area contributed by atoms with Gasteiger partial charge < -0.3 is 10.6 Å². The minimum absolute atomic E-state index is 0.00249. The summed E-state index contributed by atoms with van der Waals surface area (Å²) >= 11 is 0. The lowest BCUT2D eigenvalue weighted by molar-refractivity contribution is -0.125. The van der Waals surface area contributed by atoms with E-state index < -0.39 is 0 Å². The Hall–Kier alpha value is -1.84. The molecule has 4 heteroatoms. The summed E-state index contributed by atoms with van der Waals surface area (Å²) in [5.74, 6) is 0.102. The van der Waals surface area contributed by atoms with E-state index >= 15 is 0 Å². The highest BCUT2D eigenvalue weighted by Gasteiger charge is 2.48. The Labute approximate surface area is 130 Å². The number of hydrogen-bond acceptors (Lipinski definition) is 2. The molecule has 3 aliphatic rings. The summed E-state index contributed by atoms with van der Waals surface area (Å²) in [6.07, 6.45) is 7.16. The predicted molar refractivity (Wildman–Crippen MR) is 84.5 cm³/mol. The van der Waals surface area contributed by atoms with Crippen LogP contribution in [0.1, 0.15) is 56.4 Å². The highest BCUT2D eigenvalue weighted by atomic mass is 16.2. The lowest BCUT2D eigenvalue weighted by atomic mass is 9.54. The van der Waals surface area contributed by atoms with Crippen LogP contribution in [-0.4, -0.2) is 17.9 Å². The van der Waals surface area contributed by atoms with Crippen LogP contribution in [0.2, 0.25) is 0 Å². The number of benzene rings is 1. The van der Waals surface area contributed by atoms with E-state index in [9.17, 15) is 9.59 Å². The summed E-state index contributed by atoms with van der Waals surface area (Å²) in [5.41, 5.74) is 2.52. The molecule has 22 heavy (non-hydrogen) atoms. The third-order valence-electron chi connectivity index (χ3n) is 5.68. The zero-order chi connectivity index (χ0) is 15.2. The SMILES string of the molecule is O=C1CC(CC(=O)NC2CC3(CCC3)C2)c2ccccc2N1. The standard InChI is InChI=1S/C18H22N2O2/c21-16(19-13-10-18(11-13)6-3-7-18)8-12-9-17(22)20-15-5-2-1-4-14(12)15/h1-2,4-5,12-13H,3,6-11H2,(H,19,21)(H,20,22). The van der Waals surface area contributed by atoms with Gasteiger partial charge in [0.05, 0.1) is 0 Å². The third-order valence-corrected chi connectivity index (χ3v) is 5.68. The number of carbonyl (C=O) groups excluding carboxylic acids is 2. The maximum Gasteiger partial charge on any atom is 0.225 e. The van der Waals surface area contributed by atoms with Gasteiger partial charge in [0.15, 0.2) is 0 Å². The molecule has 0 bridgehead atoms. The van der Waals surface area contributed by atoms with Crippen molar-refractivity contribution in [2.45, 2.75) is 56.9 Å². The molecule has 1 aromatic rings. The van der Waals surface area contributed by atoms with Gasteiger partial charge in [0.25, 0.3) is 0 Å². The Morgan fingerprint density at radius 2 is 2.05 bits per heavy atom. The van der Waals surface area contributed by atoms with E-state index in [0.717, 1.165) is 24.1 Å². The fourth-order valence-corrected chi connectivity index (χ4v) is 4.37. The average molecular weight is 298 g/mol. The van der Waals surface area contributed by atoms with E-state index in [4.69, 9.17) is 0 Å². The maximum absolute atomic E-state index is 12.3. The van der Waals surface area contributed by atoms with Crippen molar-refractivity contribution in [2.24, 2.45) is 5.41 Å². The molecule has 2 amide bonds. The van der Waals surface area contributed by atoms with Gasteiger partial charge in [-0.25, -0.2) is 0 Å². The third kappa shape index (κ3) is 2.40. The quantitative estimate of drug-likeness (QED) is 0.901. The highest BCUT2D eigenvalue weighted by Crippen LogP contribution is 2.55. The van der Waals surface area contributed by atoms with Crippen LogP contribution < -0.4 is 10.6 Å². The van der Waals surface area contributed by atoms with Crippen molar-refractivity contribution in [3.63, 3.8) is 0 Å². The van der Waals surface area contributed by atoms with Crippen LogP contribution in [0, 0.1) is 5.41 Å². The Kier molecular flexibility index (Phi) is 3.21. The summed E-state index contributed by atoms with van der Waals surface area (Å²) < 4.78 is 0. The molecule has 0 radical (unpaired) electrons. The van der Waals surface area contributed by atoms with Crippen LogP contribution in [0.25, 0.3) is 0 Å². The van der Waals surface area contributed by atoms with Crippen molar-refractivity contribution in [1.82, 2.24) is 5.32 Å².